The molecule has 1 atom stereocenters. The molecule has 1 aromatic carbocycles. The first-order chi connectivity index (χ1) is 8.52. The molecule has 1 unspecified atom stereocenters. The summed E-state index contributed by atoms with van der Waals surface area (Å²) in [4.78, 5) is 4.19. The van der Waals surface area contributed by atoms with Crippen molar-refractivity contribution in [1.29, 1.82) is 0 Å². The van der Waals surface area contributed by atoms with Crippen molar-refractivity contribution in [3.63, 3.8) is 0 Å². The number of aliphatic imine (C=N–C) groups is 1. The molecule has 1 rings (SSSR count). The van der Waals surface area contributed by atoms with Crippen molar-refractivity contribution in [2.45, 2.75) is 26.4 Å². The van der Waals surface area contributed by atoms with Gasteiger partial charge in [0.25, 0.3) is 0 Å². The average molecular weight is 381 g/mol. The van der Waals surface area contributed by atoms with E-state index in [0.717, 1.165) is 5.56 Å². The summed E-state index contributed by atoms with van der Waals surface area (Å²) in [6, 6.07) is 5.02. The monoisotopic (exact) mass is 381 g/mol. The van der Waals surface area contributed by atoms with Gasteiger partial charge in [0.15, 0.2) is 5.96 Å². The molecule has 0 aliphatic rings. The molecule has 0 spiro atoms. The number of hydrogen-bond acceptors (Lipinski definition) is 2. The third-order valence-corrected chi connectivity index (χ3v) is 2.47. The summed E-state index contributed by atoms with van der Waals surface area (Å²) in [5.74, 6) is 0.157. The Balaban J connectivity index is 0.00000324. The minimum Gasteiger partial charge on any atom is -0.383 e. The molecular formula is C13H21FIN3O. The highest BCUT2D eigenvalue weighted by Crippen LogP contribution is 2.09. The van der Waals surface area contributed by atoms with Crippen LogP contribution in [0.25, 0.3) is 0 Å². The average Bonchev–Trinajstić information content (AvgIpc) is 2.31. The third-order valence-electron chi connectivity index (χ3n) is 2.47. The maximum Gasteiger partial charge on any atom is 0.189 e. The highest BCUT2D eigenvalue weighted by molar-refractivity contribution is 14.0. The summed E-state index contributed by atoms with van der Waals surface area (Å²) in [6.45, 7) is 4.67. The highest BCUT2D eigenvalue weighted by atomic mass is 127. The fraction of sp³-hybridized carbons (Fsp3) is 0.462. The molecule has 0 amide bonds. The molecule has 0 aromatic heterocycles. The predicted molar refractivity (Wildman–Crippen MR) is 86.4 cm³/mol. The SMILES string of the molecule is COCC(C)NC(N)=NCc1ccc(F)c(C)c1.I. The molecule has 0 fully saturated rings. The number of aryl methyl sites for hydroxylation is 1. The summed E-state index contributed by atoms with van der Waals surface area (Å²) < 4.78 is 18.0. The first kappa shape index (κ1) is 18.1. The number of benzene rings is 1. The lowest BCUT2D eigenvalue weighted by Gasteiger charge is -2.13. The zero-order chi connectivity index (χ0) is 13.5. The highest BCUT2D eigenvalue weighted by Gasteiger charge is 2.02. The van der Waals surface area contributed by atoms with Crippen molar-refractivity contribution < 1.29 is 9.13 Å². The Morgan fingerprint density at radius 3 is 2.79 bits per heavy atom. The Bertz CT molecular complexity index is 426. The van der Waals surface area contributed by atoms with Crippen LogP contribution in [0.3, 0.4) is 0 Å². The van der Waals surface area contributed by atoms with E-state index in [-0.39, 0.29) is 35.8 Å². The Kier molecular flexibility index (Phi) is 8.66. The summed E-state index contributed by atoms with van der Waals surface area (Å²) in [7, 11) is 1.63. The summed E-state index contributed by atoms with van der Waals surface area (Å²) in [5.41, 5.74) is 7.27. The van der Waals surface area contributed by atoms with Crippen molar-refractivity contribution in [1.82, 2.24) is 5.32 Å². The van der Waals surface area contributed by atoms with Crippen molar-refractivity contribution in [2.24, 2.45) is 10.7 Å². The van der Waals surface area contributed by atoms with Crippen LogP contribution in [0.5, 0.6) is 0 Å². The second kappa shape index (κ2) is 9.08. The first-order valence-electron chi connectivity index (χ1n) is 5.83. The molecule has 0 saturated carbocycles. The number of guanidine groups is 1. The Morgan fingerprint density at radius 1 is 1.53 bits per heavy atom. The number of rotatable bonds is 5. The molecule has 0 saturated heterocycles. The summed E-state index contributed by atoms with van der Waals surface area (Å²) in [5, 5.41) is 3.01. The standard InChI is InChI=1S/C13H20FN3O.HI/c1-9-6-11(4-5-12(9)14)7-16-13(15)17-10(2)8-18-3;/h4-6,10H,7-8H2,1-3H3,(H3,15,16,17);1H. The van der Waals surface area contributed by atoms with Crippen LogP contribution in [0.15, 0.2) is 23.2 Å². The van der Waals surface area contributed by atoms with Crippen LogP contribution in [0.2, 0.25) is 0 Å². The van der Waals surface area contributed by atoms with E-state index >= 15 is 0 Å². The van der Waals surface area contributed by atoms with Crippen LogP contribution in [-0.4, -0.2) is 25.7 Å². The summed E-state index contributed by atoms with van der Waals surface area (Å²) in [6.07, 6.45) is 0. The molecule has 0 radical (unpaired) electrons. The van der Waals surface area contributed by atoms with E-state index in [9.17, 15) is 4.39 Å². The third kappa shape index (κ3) is 6.72. The van der Waals surface area contributed by atoms with Crippen LogP contribution < -0.4 is 11.1 Å². The Hall–Kier alpha value is -0.890. The second-order valence-electron chi connectivity index (χ2n) is 4.29. The van der Waals surface area contributed by atoms with Gasteiger partial charge in [0.2, 0.25) is 0 Å². The number of ether oxygens (including phenoxy) is 1. The quantitative estimate of drug-likeness (QED) is 0.467. The van der Waals surface area contributed by atoms with Crippen LogP contribution in [-0.2, 0) is 11.3 Å². The van der Waals surface area contributed by atoms with E-state index in [1.807, 2.05) is 6.92 Å². The van der Waals surface area contributed by atoms with E-state index in [0.29, 0.717) is 24.7 Å². The predicted octanol–water partition coefficient (Wildman–Crippen LogP) is 2.19. The van der Waals surface area contributed by atoms with E-state index in [1.165, 1.54) is 6.07 Å². The van der Waals surface area contributed by atoms with Crippen LogP contribution in [0, 0.1) is 12.7 Å². The molecule has 4 nitrogen and oxygen atoms in total. The summed E-state index contributed by atoms with van der Waals surface area (Å²) >= 11 is 0. The molecule has 0 heterocycles. The molecular weight excluding hydrogens is 360 g/mol. The number of nitrogens with zero attached hydrogens (tertiary/aromatic N) is 1. The Labute approximate surface area is 130 Å². The van der Waals surface area contributed by atoms with Gasteiger partial charge in [-0.25, -0.2) is 9.38 Å². The van der Waals surface area contributed by atoms with Gasteiger partial charge in [-0.05, 0) is 31.0 Å². The molecule has 0 aliphatic heterocycles. The zero-order valence-corrected chi connectivity index (χ0v) is 13.8. The smallest absolute Gasteiger partial charge is 0.189 e. The minimum atomic E-state index is -0.206. The zero-order valence-electron chi connectivity index (χ0n) is 11.4. The fourth-order valence-corrected chi connectivity index (χ4v) is 1.57. The van der Waals surface area contributed by atoms with Crippen molar-refractivity contribution in [3.05, 3.63) is 35.1 Å². The molecule has 6 heteroatoms. The van der Waals surface area contributed by atoms with Gasteiger partial charge in [0, 0.05) is 13.2 Å². The lowest BCUT2D eigenvalue weighted by atomic mass is 10.1. The van der Waals surface area contributed by atoms with Crippen LogP contribution in [0.1, 0.15) is 18.1 Å². The first-order valence-corrected chi connectivity index (χ1v) is 5.83. The largest absolute Gasteiger partial charge is 0.383 e. The van der Waals surface area contributed by atoms with Crippen LogP contribution >= 0.6 is 24.0 Å². The van der Waals surface area contributed by atoms with Gasteiger partial charge >= 0.3 is 0 Å². The van der Waals surface area contributed by atoms with Gasteiger partial charge in [-0.3, -0.25) is 0 Å². The molecule has 0 aliphatic carbocycles. The van der Waals surface area contributed by atoms with Gasteiger partial charge in [-0.15, -0.1) is 24.0 Å². The molecule has 19 heavy (non-hydrogen) atoms. The van der Waals surface area contributed by atoms with Gasteiger partial charge in [0.1, 0.15) is 5.82 Å². The topological polar surface area (TPSA) is 59.6 Å². The van der Waals surface area contributed by atoms with Gasteiger partial charge < -0.3 is 15.8 Å². The number of hydrogen-bond donors (Lipinski definition) is 2. The van der Waals surface area contributed by atoms with Gasteiger partial charge in [-0.2, -0.15) is 0 Å². The number of halogens is 2. The van der Waals surface area contributed by atoms with E-state index in [4.69, 9.17) is 10.5 Å². The second-order valence-corrected chi connectivity index (χ2v) is 4.29. The molecule has 108 valence electrons. The van der Waals surface area contributed by atoms with E-state index in [1.54, 1.807) is 26.2 Å². The normalized spacial score (nSPS) is 12.7. The number of methoxy groups -OCH3 is 1. The minimum absolute atomic E-state index is 0. The van der Waals surface area contributed by atoms with Gasteiger partial charge in [-0.1, -0.05) is 12.1 Å². The van der Waals surface area contributed by atoms with Crippen molar-refractivity contribution in [2.75, 3.05) is 13.7 Å². The lowest BCUT2D eigenvalue weighted by molar-refractivity contribution is 0.179. The molecule has 0 bridgehead atoms. The van der Waals surface area contributed by atoms with E-state index in [2.05, 4.69) is 10.3 Å². The Morgan fingerprint density at radius 2 is 2.21 bits per heavy atom. The number of nitrogens with two attached hydrogens (primary N) is 1. The number of nitrogens with one attached hydrogen (secondary N) is 1. The molecule has 3 N–H and O–H groups in total. The molecule has 1 aromatic rings. The fourth-order valence-electron chi connectivity index (χ4n) is 1.57. The lowest BCUT2D eigenvalue weighted by Crippen LogP contribution is -2.40. The van der Waals surface area contributed by atoms with Crippen molar-refractivity contribution in [3.8, 4) is 0 Å². The van der Waals surface area contributed by atoms with Crippen LogP contribution in [0.4, 0.5) is 4.39 Å². The van der Waals surface area contributed by atoms with E-state index < -0.39 is 0 Å². The van der Waals surface area contributed by atoms with Crippen molar-refractivity contribution >= 4 is 29.9 Å². The maximum atomic E-state index is 13.1. The maximum absolute atomic E-state index is 13.1. The van der Waals surface area contributed by atoms with Gasteiger partial charge in [0.05, 0.1) is 13.2 Å².